The summed E-state index contributed by atoms with van der Waals surface area (Å²) in [7, 11) is 0. The van der Waals surface area contributed by atoms with Gasteiger partial charge in [0.05, 0.1) is 40.8 Å². The molecule has 14 heteroatoms. The van der Waals surface area contributed by atoms with Crippen molar-refractivity contribution in [1.82, 2.24) is 34.3 Å². The lowest BCUT2D eigenvalue weighted by molar-refractivity contribution is -0.0964. The standard InChI is InChI=1S/C38H27ClF2N8O3/c1-21-19-51-20-33-45-32-15-23(36(50)44-26-7-9-27(10-8-26)52-38(39,40)41)13-28(35(32)49(21)33)24-14-29-31(43-17-24)16-25-18-48(47-34(25)29)37-42-12-11-30(46-37)22-5-3-2-4-6-22/h2-15,17-18,21H,16,19-20H2,1H3,(H,44,50)/t21-/m1/s1. The molecule has 1 N–H and O–H groups in total. The number of imidazole rings is 1. The highest BCUT2D eigenvalue weighted by Crippen LogP contribution is 2.40. The number of nitrogens with one attached hydrogen (secondary N) is 1. The number of benzene rings is 3. The summed E-state index contributed by atoms with van der Waals surface area (Å²) in [5.41, 5.74) is 5.28. The van der Waals surface area contributed by atoms with Crippen molar-refractivity contribution >= 4 is 34.2 Å². The molecular weight excluding hydrogens is 690 g/mol. The number of alkyl halides is 3. The molecule has 9 rings (SSSR count). The lowest BCUT2D eigenvalue weighted by Gasteiger charge is -2.23. The normalized spacial score (nSPS) is 14.9. The van der Waals surface area contributed by atoms with Crippen LogP contribution in [0.25, 0.3) is 50.6 Å². The Kier molecular flexibility index (Phi) is 7.56. The molecule has 0 unspecified atom stereocenters. The molecule has 4 aromatic heterocycles. The minimum Gasteiger partial charge on any atom is -0.420 e. The number of carbonyl (C=O) groups excluding carboxylic acids is 1. The van der Waals surface area contributed by atoms with Gasteiger partial charge in [-0.05, 0) is 55.5 Å². The van der Waals surface area contributed by atoms with Crippen molar-refractivity contribution in [3.05, 3.63) is 120 Å². The number of fused-ring (bicyclic) bond motifs is 6. The van der Waals surface area contributed by atoms with E-state index in [0.717, 1.165) is 56.2 Å². The van der Waals surface area contributed by atoms with E-state index < -0.39 is 11.5 Å². The summed E-state index contributed by atoms with van der Waals surface area (Å²) in [6.45, 7) is 2.93. The van der Waals surface area contributed by atoms with Crippen molar-refractivity contribution in [3.63, 3.8) is 0 Å². The Bertz CT molecular complexity index is 2520. The number of amides is 1. The molecule has 0 spiro atoms. The second kappa shape index (κ2) is 12.3. The number of rotatable bonds is 7. The molecule has 5 heterocycles. The largest absolute Gasteiger partial charge is 0.487 e. The smallest absolute Gasteiger partial charge is 0.420 e. The van der Waals surface area contributed by atoms with Gasteiger partial charge in [-0.2, -0.15) is 5.10 Å². The molecule has 0 bridgehead atoms. The minimum atomic E-state index is -3.85. The lowest BCUT2D eigenvalue weighted by atomic mass is 9.99. The third-order valence-corrected chi connectivity index (χ3v) is 9.18. The summed E-state index contributed by atoms with van der Waals surface area (Å²) >= 11 is 4.88. The van der Waals surface area contributed by atoms with Gasteiger partial charge in [-0.1, -0.05) is 30.3 Å². The number of carbonyl (C=O) groups is 1. The molecule has 11 nitrogen and oxygen atoms in total. The third-order valence-electron chi connectivity index (χ3n) is 9.10. The zero-order valence-electron chi connectivity index (χ0n) is 27.4. The Hall–Kier alpha value is -6.05. The second-order valence-electron chi connectivity index (χ2n) is 12.6. The van der Waals surface area contributed by atoms with Crippen LogP contribution in [-0.4, -0.2) is 52.4 Å². The molecule has 1 amide bonds. The highest BCUT2D eigenvalue weighted by Gasteiger charge is 2.29. The maximum absolute atomic E-state index is 13.7. The first kappa shape index (κ1) is 31.9. The quantitative estimate of drug-likeness (QED) is 0.166. The van der Waals surface area contributed by atoms with Crippen LogP contribution in [-0.2, 0) is 17.8 Å². The average molecular weight is 717 g/mol. The summed E-state index contributed by atoms with van der Waals surface area (Å²) in [4.78, 5) is 32.7. The maximum atomic E-state index is 13.7. The van der Waals surface area contributed by atoms with Crippen LogP contribution in [0.15, 0.2) is 97.5 Å². The van der Waals surface area contributed by atoms with E-state index in [0.29, 0.717) is 42.4 Å². The number of anilines is 1. The zero-order valence-corrected chi connectivity index (χ0v) is 28.2. The van der Waals surface area contributed by atoms with Crippen molar-refractivity contribution in [2.75, 3.05) is 11.9 Å². The number of ether oxygens (including phenoxy) is 2. The van der Waals surface area contributed by atoms with Crippen LogP contribution in [0.4, 0.5) is 14.5 Å². The van der Waals surface area contributed by atoms with Gasteiger partial charge in [-0.15, -0.1) is 8.78 Å². The molecule has 2 aliphatic rings. The van der Waals surface area contributed by atoms with E-state index >= 15 is 0 Å². The lowest BCUT2D eigenvalue weighted by Crippen LogP contribution is -2.21. The van der Waals surface area contributed by atoms with Crippen molar-refractivity contribution < 1.29 is 23.0 Å². The molecule has 0 saturated carbocycles. The molecule has 0 radical (unpaired) electrons. The highest BCUT2D eigenvalue weighted by atomic mass is 35.5. The molecule has 258 valence electrons. The molecule has 1 aliphatic carbocycles. The van der Waals surface area contributed by atoms with Crippen LogP contribution in [0.1, 0.15) is 40.4 Å². The van der Waals surface area contributed by atoms with Crippen LogP contribution >= 0.6 is 11.6 Å². The van der Waals surface area contributed by atoms with E-state index in [2.05, 4.69) is 32.6 Å². The molecule has 1 atom stereocenters. The fourth-order valence-corrected chi connectivity index (χ4v) is 6.90. The minimum absolute atomic E-state index is 0.00427. The first-order valence-corrected chi connectivity index (χ1v) is 16.8. The van der Waals surface area contributed by atoms with E-state index in [4.69, 9.17) is 36.4 Å². The van der Waals surface area contributed by atoms with E-state index in [1.54, 1.807) is 16.9 Å². The SMILES string of the molecule is C[C@@H]1COCc2nc3cc(C(=O)Nc4ccc(OC(F)(F)Cl)cc4)cc(-c4cnc5c(c4)-c4nn(-c6nccc(-c7ccccc7)n6)cc4C5)c3n21. The molecule has 52 heavy (non-hydrogen) atoms. The first-order valence-electron chi connectivity index (χ1n) is 16.4. The van der Waals surface area contributed by atoms with Crippen LogP contribution in [0.5, 0.6) is 5.75 Å². The molecule has 3 aromatic carbocycles. The van der Waals surface area contributed by atoms with Gasteiger partial charge >= 0.3 is 5.57 Å². The molecule has 0 fully saturated rings. The van der Waals surface area contributed by atoms with Crippen molar-refractivity contribution in [1.29, 1.82) is 0 Å². The molecular formula is C38H27ClF2N8O3. The summed E-state index contributed by atoms with van der Waals surface area (Å²) in [5, 5.41) is 7.76. The predicted molar refractivity (Wildman–Crippen MR) is 190 cm³/mol. The van der Waals surface area contributed by atoms with Crippen LogP contribution in [0.2, 0.25) is 0 Å². The summed E-state index contributed by atoms with van der Waals surface area (Å²) < 4.78 is 40.2. The van der Waals surface area contributed by atoms with E-state index in [1.165, 1.54) is 24.3 Å². The number of hydrogen-bond acceptors (Lipinski definition) is 8. The van der Waals surface area contributed by atoms with Gasteiger partial charge in [0.15, 0.2) is 0 Å². The van der Waals surface area contributed by atoms with Gasteiger partial charge in [-0.25, -0.2) is 19.6 Å². The highest BCUT2D eigenvalue weighted by molar-refractivity contribution is 6.20. The maximum Gasteiger partial charge on any atom is 0.487 e. The van der Waals surface area contributed by atoms with E-state index in [-0.39, 0.29) is 11.8 Å². The summed E-state index contributed by atoms with van der Waals surface area (Å²) in [5.74, 6) is 0.657. The Morgan fingerprint density at radius 1 is 1.00 bits per heavy atom. The molecule has 1 aliphatic heterocycles. The van der Waals surface area contributed by atoms with E-state index in [9.17, 15) is 13.6 Å². The van der Waals surface area contributed by atoms with Crippen LogP contribution in [0, 0.1) is 0 Å². The summed E-state index contributed by atoms with van der Waals surface area (Å²) in [6.07, 6.45) is 6.09. The van der Waals surface area contributed by atoms with E-state index in [1.807, 2.05) is 54.9 Å². The number of pyridine rings is 1. The number of aromatic nitrogens is 7. The number of halogens is 3. The number of nitrogens with zero attached hydrogens (tertiary/aromatic N) is 7. The fourth-order valence-electron chi connectivity index (χ4n) is 6.81. The van der Waals surface area contributed by atoms with Crippen molar-refractivity contribution in [3.8, 4) is 45.3 Å². The fraction of sp³-hybridized carbons (Fsp3) is 0.158. The van der Waals surface area contributed by atoms with Gasteiger partial charge < -0.3 is 19.4 Å². The topological polar surface area (TPSA) is 122 Å². The first-order chi connectivity index (χ1) is 25.2. The van der Waals surface area contributed by atoms with Gasteiger partial charge in [0.25, 0.3) is 11.9 Å². The van der Waals surface area contributed by atoms with Crippen LogP contribution < -0.4 is 10.1 Å². The molecule has 0 saturated heterocycles. The van der Waals surface area contributed by atoms with Crippen molar-refractivity contribution in [2.24, 2.45) is 0 Å². The van der Waals surface area contributed by atoms with Crippen molar-refractivity contribution in [2.45, 2.75) is 31.6 Å². The second-order valence-corrected chi connectivity index (χ2v) is 13.1. The number of hydrogen-bond donors (Lipinski definition) is 1. The Morgan fingerprint density at radius 3 is 2.63 bits per heavy atom. The Morgan fingerprint density at radius 2 is 1.83 bits per heavy atom. The summed E-state index contributed by atoms with van der Waals surface area (Å²) in [6, 6.07) is 22.9. The average Bonchev–Trinajstić information content (AvgIpc) is 3.83. The zero-order chi connectivity index (χ0) is 35.6. The van der Waals surface area contributed by atoms with Gasteiger partial charge in [0.2, 0.25) is 0 Å². The predicted octanol–water partition coefficient (Wildman–Crippen LogP) is 7.82. The third kappa shape index (κ3) is 5.83. The Labute approximate surface area is 299 Å². The van der Waals surface area contributed by atoms with Gasteiger partial charge in [-0.3, -0.25) is 9.78 Å². The Balaban J connectivity index is 1.09. The van der Waals surface area contributed by atoms with Gasteiger partial charge in [0.1, 0.15) is 18.2 Å². The molecule has 7 aromatic rings. The van der Waals surface area contributed by atoms with Gasteiger partial charge in [0, 0.05) is 75.7 Å². The monoisotopic (exact) mass is 716 g/mol. The van der Waals surface area contributed by atoms with Crippen LogP contribution in [0.3, 0.4) is 0 Å².